The van der Waals surface area contributed by atoms with Crippen molar-refractivity contribution in [2.45, 2.75) is 57.3 Å². The molecule has 0 aliphatic rings. The molecule has 37 heavy (non-hydrogen) atoms. The van der Waals surface area contributed by atoms with Crippen LogP contribution in [0, 0.1) is 5.92 Å². The standard InChI is InChI=1S/C24H33N5O7S/c1-12(2)20(24(35)36)29-22(33)17(7-8-19(30)31)27-23(34)18(28-21(32)15(25)11-37)9-13-10-26-16-6-4-3-5-14(13)16/h3-6,10,12,15,17-18,20,26,37H,7-9,11,25H2,1-2H3,(H,27,34)(H,28,32)(H,29,33)(H,30,31)(H,35,36). The SMILES string of the molecule is CC(C)C(NC(=O)C(CCC(=O)O)NC(=O)C(Cc1c[nH]c2ccccc12)NC(=O)C(N)CS)C(=O)O. The van der Waals surface area contributed by atoms with Gasteiger partial charge in [-0.15, -0.1) is 0 Å². The van der Waals surface area contributed by atoms with Crippen LogP contribution in [0.4, 0.5) is 0 Å². The maximum Gasteiger partial charge on any atom is 0.326 e. The second kappa shape index (κ2) is 13.7. The molecule has 1 heterocycles. The number of carboxylic acid groups (broad SMARTS) is 2. The highest BCUT2D eigenvalue weighted by Gasteiger charge is 2.32. The maximum atomic E-state index is 13.3. The van der Waals surface area contributed by atoms with Crippen molar-refractivity contribution in [2.24, 2.45) is 11.7 Å². The first-order chi connectivity index (χ1) is 17.4. The fourth-order valence-electron chi connectivity index (χ4n) is 3.67. The van der Waals surface area contributed by atoms with Gasteiger partial charge < -0.3 is 36.9 Å². The number of nitrogens with one attached hydrogen (secondary N) is 4. The lowest BCUT2D eigenvalue weighted by molar-refractivity contribution is -0.144. The molecule has 202 valence electrons. The second-order valence-corrected chi connectivity index (χ2v) is 9.34. The van der Waals surface area contributed by atoms with Crippen LogP contribution in [-0.2, 0) is 30.4 Å². The second-order valence-electron chi connectivity index (χ2n) is 8.98. The largest absolute Gasteiger partial charge is 0.481 e. The van der Waals surface area contributed by atoms with Gasteiger partial charge in [0.15, 0.2) is 0 Å². The van der Waals surface area contributed by atoms with E-state index in [1.807, 2.05) is 24.3 Å². The van der Waals surface area contributed by atoms with E-state index >= 15 is 0 Å². The molecule has 0 fully saturated rings. The van der Waals surface area contributed by atoms with Crippen molar-refractivity contribution in [1.82, 2.24) is 20.9 Å². The van der Waals surface area contributed by atoms with E-state index in [0.29, 0.717) is 5.56 Å². The van der Waals surface area contributed by atoms with Crippen LogP contribution in [0.25, 0.3) is 10.9 Å². The molecule has 8 N–H and O–H groups in total. The Balaban J connectivity index is 2.31. The predicted octanol–water partition coefficient (Wildman–Crippen LogP) is 0.0273. The number of thiol groups is 1. The highest BCUT2D eigenvalue weighted by molar-refractivity contribution is 7.80. The van der Waals surface area contributed by atoms with Crippen molar-refractivity contribution in [3.63, 3.8) is 0 Å². The van der Waals surface area contributed by atoms with Gasteiger partial charge in [-0.25, -0.2) is 4.79 Å². The third-order valence-corrected chi connectivity index (χ3v) is 6.17. The average molecular weight is 536 g/mol. The Morgan fingerprint density at radius 3 is 2.19 bits per heavy atom. The fourth-order valence-corrected chi connectivity index (χ4v) is 3.83. The first kappa shape index (κ1) is 29.6. The summed E-state index contributed by atoms with van der Waals surface area (Å²) in [5, 5.41) is 26.8. The summed E-state index contributed by atoms with van der Waals surface area (Å²) in [6.45, 7) is 3.20. The molecule has 1 aromatic heterocycles. The molecular weight excluding hydrogens is 502 g/mol. The highest BCUT2D eigenvalue weighted by atomic mass is 32.1. The van der Waals surface area contributed by atoms with Crippen molar-refractivity contribution in [3.8, 4) is 0 Å². The highest BCUT2D eigenvalue weighted by Crippen LogP contribution is 2.19. The molecule has 0 radical (unpaired) electrons. The van der Waals surface area contributed by atoms with E-state index in [2.05, 4.69) is 33.6 Å². The van der Waals surface area contributed by atoms with E-state index in [4.69, 9.17) is 10.8 Å². The summed E-state index contributed by atoms with van der Waals surface area (Å²) in [7, 11) is 0. The number of hydrogen-bond acceptors (Lipinski definition) is 7. The van der Waals surface area contributed by atoms with Crippen LogP contribution >= 0.6 is 12.6 Å². The molecule has 1 aromatic carbocycles. The number of benzene rings is 1. The monoisotopic (exact) mass is 535 g/mol. The number of carboxylic acids is 2. The van der Waals surface area contributed by atoms with Crippen LogP contribution in [-0.4, -0.2) is 74.8 Å². The Bertz CT molecular complexity index is 1140. The molecule has 12 nitrogen and oxygen atoms in total. The Morgan fingerprint density at radius 1 is 0.973 bits per heavy atom. The van der Waals surface area contributed by atoms with Gasteiger partial charge in [-0.2, -0.15) is 12.6 Å². The van der Waals surface area contributed by atoms with Crippen LogP contribution in [0.5, 0.6) is 0 Å². The smallest absolute Gasteiger partial charge is 0.326 e. The molecule has 0 aliphatic heterocycles. The number of fused-ring (bicyclic) bond motifs is 1. The van der Waals surface area contributed by atoms with Crippen molar-refractivity contribution >= 4 is 53.2 Å². The van der Waals surface area contributed by atoms with E-state index in [9.17, 15) is 29.1 Å². The first-order valence-corrected chi connectivity index (χ1v) is 12.3. The first-order valence-electron chi connectivity index (χ1n) is 11.7. The van der Waals surface area contributed by atoms with E-state index in [-0.39, 0.29) is 18.6 Å². The minimum Gasteiger partial charge on any atom is -0.481 e. The molecule has 4 atom stereocenters. The molecule has 4 unspecified atom stereocenters. The van der Waals surface area contributed by atoms with Crippen molar-refractivity contribution < 1.29 is 34.2 Å². The molecule has 0 bridgehead atoms. The zero-order chi connectivity index (χ0) is 27.7. The van der Waals surface area contributed by atoms with E-state index in [0.717, 1.165) is 10.9 Å². The number of carbonyl (C=O) groups excluding carboxylic acids is 3. The Labute approximate surface area is 219 Å². The number of hydrogen-bond donors (Lipinski definition) is 8. The normalized spacial score (nSPS) is 14.4. The molecule has 2 rings (SSSR count). The van der Waals surface area contributed by atoms with Gasteiger partial charge >= 0.3 is 11.9 Å². The summed E-state index contributed by atoms with van der Waals surface area (Å²) in [4.78, 5) is 64.5. The number of H-pyrrole nitrogens is 1. The molecule has 0 saturated carbocycles. The number of aliphatic carboxylic acids is 2. The Hall–Kier alpha value is -3.58. The summed E-state index contributed by atoms with van der Waals surface area (Å²) >= 11 is 4.01. The van der Waals surface area contributed by atoms with Gasteiger partial charge in [-0.05, 0) is 24.0 Å². The van der Waals surface area contributed by atoms with E-state index in [1.165, 1.54) is 0 Å². The van der Waals surface area contributed by atoms with Gasteiger partial charge in [0.25, 0.3) is 0 Å². The molecule has 13 heteroatoms. The van der Waals surface area contributed by atoms with E-state index in [1.54, 1.807) is 20.0 Å². The van der Waals surface area contributed by atoms with Crippen molar-refractivity contribution in [1.29, 1.82) is 0 Å². The minimum absolute atomic E-state index is 0.0304. The summed E-state index contributed by atoms with van der Waals surface area (Å²) < 4.78 is 0. The third-order valence-electron chi connectivity index (χ3n) is 5.78. The average Bonchev–Trinajstić information content (AvgIpc) is 3.25. The van der Waals surface area contributed by atoms with Gasteiger partial charge in [0.2, 0.25) is 17.7 Å². The molecule has 0 spiro atoms. The maximum absolute atomic E-state index is 13.3. The van der Waals surface area contributed by atoms with Gasteiger partial charge in [0, 0.05) is 35.7 Å². The van der Waals surface area contributed by atoms with E-state index < -0.39 is 66.2 Å². The fraction of sp³-hybridized carbons (Fsp3) is 0.458. The number of aromatic nitrogens is 1. The summed E-state index contributed by atoms with van der Waals surface area (Å²) in [6, 6.07) is 2.60. The molecule has 2 aromatic rings. The number of nitrogens with two attached hydrogens (primary N) is 1. The summed E-state index contributed by atoms with van der Waals surface area (Å²) in [5.74, 6) is -5.14. The van der Waals surface area contributed by atoms with Crippen LogP contribution in [0.15, 0.2) is 30.5 Å². The third kappa shape index (κ3) is 8.50. The Kier molecular flexibility index (Phi) is 10.9. The number of carbonyl (C=O) groups is 5. The molecule has 0 aliphatic carbocycles. The lowest BCUT2D eigenvalue weighted by Gasteiger charge is -2.25. The lowest BCUT2D eigenvalue weighted by atomic mass is 10.0. The lowest BCUT2D eigenvalue weighted by Crippen LogP contribution is -2.58. The number of aromatic amines is 1. The summed E-state index contributed by atoms with van der Waals surface area (Å²) in [5.41, 5.74) is 7.30. The van der Waals surface area contributed by atoms with Crippen LogP contribution in [0.2, 0.25) is 0 Å². The molecular formula is C24H33N5O7S. The zero-order valence-corrected chi connectivity index (χ0v) is 21.5. The number of rotatable bonds is 14. The van der Waals surface area contributed by atoms with Crippen LogP contribution in [0.1, 0.15) is 32.3 Å². The van der Waals surface area contributed by atoms with Gasteiger partial charge in [-0.1, -0.05) is 32.0 Å². The van der Waals surface area contributed by atoms with Gasteiger partial charge in [-0.3, -0.25) is 19.2 Å². The van der Waals surface area contributed by atoms with Gasteiger partial charge in [0.05, 0.1) is 6.04 Å². The van der Waals surface area contributed by atoms with Gasteiger partial charge in [0.1, 0.15) is 18.1 Å². The summed E-state index contributed by atoms with van der Waals surface area (Å²) in [6.07, 6.45) is 0.991. The zero-order valence-electron chi connectivity index (χ0n) is 20.6. The number of para-hydroxylation sites is 1. The predicted molar refractivity (Wildman–Crippen MR) is 139 cm³/mol. The van der Waals surface area contributed by atoms with Crippen molar-refractivity contribution in [3.05, 3.63) is 36.0 Å². The van der Waals surface area contributed by atoms with Crippen LogP contribution < -0.4 is 21.7 Å². The Morgan fingerprint density at radius 2 is 1.59 bits per heavy atom. The van der Waals surface area contributed by atoms with Crippen LogP contribution in [0.3, 0.4) is 0 Å². The quantitative estimate of drug-likeness (QED) is 0.155. The number of amides is 3. The van der Waals surface area contributed by atoms with Crippen molar-refractivity contribution in [2.75, 3.05) is 5.75 Å². The molecule has 0 saturated heterocycles. The minimum atomic E-state index is -1.36. The topological polar surface area (TPSA) is 204 Å². The molecule has 3 amide bonds.